The van der Waals surface area contributed by atoms with E-state index in [2.05, 4.69) is 37.3 Å². The lowest BCUT2D eigenvalue weighted by Gasteiger charge is -2.34. The third-order valence-corrected chi connectivity index (χ3v) is 6.23. The molecule has 1 aliphatic heterocycles. The van der Waals surface area contributed by atoms with Gasteiger partial charge in [0.1, 0.15) is 19.6 Å². The standard InChI is InChI=1S/C25H43N2O.ClH/c1-2-3-4-5-6-7-8-9-10-11-15-18-25-26-19-20-27(25,21-22-28)23-24-16-13-12-14-17-24;/h12-14,16-17,28H,2-11,15,18-23H2,1H3;1H/q+1;/p-1. The van der Waals surface area contributed by atoms with Gasteiger partial charge in [0.05, 0.1) is 13.2 Å². The van der Waals surface area contributed by atoms with E-state index < -0.39 is 0 Å². The third-order valence-electron chi connectivity index (χ3n) is 6.23. The smallest absolute Gasteiger partial charge is 0.198 e. The monoisotopic (exact) mass is 422 g/mol. The number of quaternary nitrogens is 1. The lowest BCUT2D eigenvalue weighted by atomic mass is 10.0. The van der Waals surface area contributed by atoms with Crippen LogP contribution in [0.25, 0.3) is 0 Å². The molecule has 4 heteroatoms. The van der Waals surface area contributed by atoms with Gasteiger partial charge in [0.2, 0.25) is 0 Å². The highest BCUT2D eigenvalue weighted by molar-refractivity contribution is 5.76. The van der Waals surface area contributed by atoms with Crippen molar-refractivity contribution in [2.75, 3.05) is 26.2 Å². The molecule has 1 unspecified atom stereocenters. The number of unbranched alkanes of at least 4 members (excludes halogenated alkanes) is 10. The van der Waals surface area contributed by atoms with Crippen LogP contribution in [-0.4, -0.2) is 41.7 Å². The van der Waals surface area contributed by atoms with Gasteiger partial charge in [-0.05, 0) is 6.42 Å². The summed E-state index contributed by atoms with van der Waals surface area (Å²) in [5, 5.41) is 9.68. The molecule has 3 nitrogen and oxygen atoms in total. The highest BCUT2D eigenvalue weighted by Gasteiger charge is 2.37. The minimum Gasteiger partial charge on any atom is -1.00 e. The first-order chi connectivity index (χ1) is 13.8. The number of aliphatic hydroxyl groups is 1. The molecule has 0 saturated carbocycles. The van der Waals surface area contributed by atoms with Crippen LogP contribution in [0, 0.1) is 0 Å². The van der Waals surface area contributed by atoms with Crippen LogP contribution < -0.4 is 12.4 Å². The molecule has 0 radical (unpaired) electrons. The molecule has 1 atom stereocenters. The quantitative estimate of drug-likeness (QED) is 0.322. The van der Waals surface area contributed by atoms with E-state index in [1.54, 1.807) is 0 Å². The number of halogens is 1. The van der Waals surface area contributed by atoms with Crippen LogP contribution in [0.1, 0.15) is 89.5 Å². The van der Waals surface area contributed by atoms with E-state index in [0.29, 0.717) is 0 Å². The van der Waals surface area contributed by atoms with Crippen molar-refractivity contribution >= 4 is 5.84 Å². The minimum absolute atomic E-state index is 0. The van der Waals surface area contributed by atoms with Gasteiger partial charge in [0.15, 0.2) is 5.84 Å². The zero-order valence-corrected chi connectivity index (χ0v) is 19.4. The van der Waals surface area contributed by atoms with E-state index >= 15 is 0 Å². The molecule has 0 saturated heterocycles. The summed E-state index contributed by atoms with van der Waals surface area (Å²) in [4.78, 5) is 4.86. The first-order valence-corrected chi connectivity index (χ1v) is 11.9. The third kappa shape index (κ3) is 9.63. The number of hydrogen-bond donors (Lipinski definition) is 1. The molecule has 0 spiro atoms. The highest BCUT2D eigenvalue weighted by Crippen LogP contribution is 2.24. The van der Waals surface area contributed by atoms with E-state index in [0.717, 1.165) is 37.1 Å². The Labute approximate surface area is 185 Å². The zero-order valence-electron chi connectivity index (χ0n) is 18.6. The van der Waals surface area contributed by atoms with Crippen molar-refractivity contribution in [1.29, 1.82) is 0 Å². The topological polar surface area (TPSA) is 32.6 Å². The van der Waals surface area contributed by atoms with Crippen molar-refractivity contribution in [2.24, 2.45) is 4.99 Å². The van der Waals surface area contributed by atoms with E-state index in [-0.39, 0.29) is 19.0 Å². The van der Waals surface area contributed by atoms with E-state index in [1.165, 1.54) is 82.0 Å². The summed E-state index contributed by atoms with van der Waals surface area (Å²) in [7, 11) is 0. The summed E-state index contributed by atoms with van der Waals surface area (Å²) in [6.45, 7) is 6.25. The fraction of sp³-hybridized carbons (Fsp3) is 0.720. The Morgan fingerprint density at radius 2 is 1.45 bits per heavy atom. The molecule has 1 heterocycles. The Morgan fingerprint density at radius 1 is 0.862 bits per heavy atom. The Morgan fingerprint density at radius 3 is 2.03 bits per heavy atom. The lowest BCUT2D eigenvalue weighted by molar-refractivity contribution is -0.850. The fourth-order valence-electron chi connectivity index (χ4n) is 4.53. The van der Waals surface area contributed by atoms with Gasteiger partial charge in [-0.3, -0.25) is 4.48 Å². The van der Waals surface area contributed by atoms with E-state index in [9.17, 15) is 5.11 Å². The summed E-state index contributed by atoms with van der Waals surface area (Å²) >= 11 is 0. The molecular formula is C25H43ClN2O. The van der Waals surface area contributed by atoms with Gasteiger partial charge in [-0.15, -0.1) is 0 Å². The average Bonchev–Trinajstić information content (AvgIpc) is 3.09. The van der Waals surface area contributed by atoms with Crippen molar-refractivity contribution in [2.45, 2.75) is 90.5 Å². The summed E-state index contributed by atoms with van der Waals surface area (Å²) in [6, 6.07) is 10.7. The molecule has 0 fully saturated rings. The molecule has 0 bridgehead atoms. The molecule has 1 aliphatic rings. The Bertz CT molecular complexity index is 549. The fourth-order valence-corrected chi connectivity index (χ4v) is 4.53. The number of benzene rings is 1. The van der Waals surface area contributed by atoms with Crippen molar-refractivity contribution in [3.05, 3.63) is 35.9 Å². The normalized spacial score (nSPS) is 18.5. The van der Waals surface area contributed by atoms with Gasteiger partial charge in [0.25, 0.3) is 0 Å². The molecule has 0 aromatic heterocycles. The van der Waals surface area contributed by atoms with Crippen molar-refractivity contribution in [3.8, 4) is 0 Å². The Kier molecular flexibility index (Phi) is 14.3. The summed E-state index contributed by atoms with van der Waals surface area (Å²) in [5.41, 5.74) is 1.35. The van der Waals surface area contributed by atoms with Crippen LogP contribution in [0.2, 0.25) is 0 Å². The summed E-state index contributed by atoms with van der Waals surface area (Å²) < 4.78 is 0.873. The predicted molar refractivity (Wildman–Crippen MR) is 121 cm³/mol. The van der Waals surface area contributed by atoms with Crippen molar-refractivity contribution in [3.63, 3.8) is 0 Å². The highest BCUT2D eigenvalue weighted by atomic mass is 35.5. The molecule has 1 N–H and O–H groups in total. The summed E-state index contributed by atoms with van der Waals surface area (Å²) in [5.74, 6) is 1.33. The Balaban J connectivity index is 0.00000420. The van der Waals surface area contributed by atoms with Crippen LogP contribution in [0.5, 0.6) is 0 Å². The molecule has 1 aromatic rings. The minimum atomic E-state index is 0. The second kappa shape index (κ2) is 15.9. The zero-order chi connectivity index (χ0) is 19.9. The van der Waals surface area contributed by atoms with E-state index in [4.69, 9.17) is 4.99 Å². The largest absolute Gasteiger partial charge is 1.00 e. The number of amidine groups is 1. The molecule has 29 heavy (non-hydrogen) atoms. The number of hydrogen-bond acceptors (Lipinski definition) is 2. The first kappa shape index (κ1) is 26.1. The molecule has 0 amide bonds. The number of rotatable bonds is 16. The van der Waals surface area contributed by atoms with Gasteiger partial charge < -0.3 is 17.5 Å². The first-order valence-electron chi connectivity index (χ1n) is 11.9. The van der Waals surface area contributed by atoms with Gasteiger partial charge in [0, 0.05) is 12.0 Å². The van der Waals surface area contributed by atoms with Crippen LogP contribution in [0.15, 0.2) is 35.3 Å². The van der Waals surface area contributed by atoms with Crippen LogP contribution in [0.4, 0.5) is 0 Å². The number of aliphatic hydroxyl groups excluding tert-OH is 1. The van der Waals surface area contributed by atoms with Crippen LogP contribution in [-0.2, 0) is 6.54 Å². The molecule has 2 rings (SSSR count). The molecule has 0 aliphatic carbocycles. The number of aliphatic imine (C=N–C) groups is 1. The molecule has 1 aromatic carbocycles. The van der Waals surface area contributed by atoms with Crippen LogP contribution in [0.3, 0.4) is 0 Å². The van der Waals surface area contributed by atoms with Gasteiger partial charge in [-0.1, -0.05) is 101 Å². The maximum Gasteiger partial charge on any atom is 0.198 e. The number of nitrogens with zero attached hydrogens (tertiary/aromatic N) is 2. The Hall–Kier alpha value is -0.900. The van der Waals surface area contributed by atoms with Gasteiger partial charge in [-0.25, -0.2) is 4.99 Å². The average molecular weight is 423 g/mol. The SMILES string of the molecule is CCCCCCCCCCCCCC1=NCC[N+]1(CCO)Cc1ccccc1.[Cl-]. The van der Waals surface area contributed by atoms with Crippen molar-refractivity contribution in [1.82, 2.24) is 0 Å². The summed E-state index contributed by atoms with van der Waals surface area (Å²) in [6.07, 6.45) is 16.3. The molecular weight excluding hydrogens is 380 g/mol. The second-order valence-electron chi connectivity index (χ2n) is 8.54. The van der Waals surface area contributed by atoms with Crippen molar-refractivity contribution < 1.29 is 22.0 Å². The predicted octanol–water partition coefficient (Wildman–Crippen LogP) is 3.11. The second-order valence-corrected chi connectivity index (χ2v) is 8.54. The maximum atomic E-state index is 9.68. The van der Waals surface area contributed by atoms with Gasteiger partial charge in [-0.2, -0.15) is 0 Å². The van der Waals surface area contributed by atoms with E-state index in [1.807, 2.05) is 0 Å². The molecule has 166 valence electrons. The lowest BCUT2D eigenvalue weighted by Crippen LogP contribution is -3.00. The van der Waals surface area contributed by atoms with Gasteiger partial charge >= 0.3 is 0 Å². The van der Waals surface area contributed by atoms with Crippen LogP contribution >= 0.6 is 0 Å². The maximum absolute atomic E-state index is 9.68.